The summed E-state index contributed by atoms with van der Waals surface area (Å²) in [5, 5.41) is 0. The molecule has 0 aliphatic rings. The Morgan fingerprint density at radius 2 is 1.60 bits per heavy atom. The molecule has 0 bridgehead atoms. The zero-order valence-corrected chi connectivity index (χ0v) is 10.5. The third kappa shape index (κ3) is 2.29. The normalized spacial score (nSPS) is 10.3. The average Bonchev–Trinajstić information content (AvgIpc) is 2.22. The van der Waals surface area contributed by atoms with Crippen LogP contribution in [0.5, 0.6) is 0 Å². The van der Waals surface area contributed by atoms with E-state index >= 15 is 0 Å². The molecule has 15 heavy (non-hydrogen) atoms. The lowest BCUT2D eigenvalue weighted by atomic mass is 10.0. The van der Waals surface area contributed by atoms with Gasteiger partial charge in [0.1, 0.15) is 0 Å². The molecule has 0 aromatic heterocycles. The lowest BCUT2D eigenvalue weighted by Crippen LogP contribution is -1.82. The Kier molecular flexibility index (Phi) is 2.92. The summed E-state index contributed by atoms with van der Waals surface area (Å²) in [5.74, 6) is 0. The second-order valence-electron chi connectivity index (χ2n) is 3.83. The van der Waals surface area contributed by atoms with Gasteiger partial charge in [0.15, 0.2) is 0 Å². The molecule has 2 rings (SSSR count). The molecule has 0 fully saturated rings. The number of rotatable bonds is 1. The standard InChI is InChI=1S/C14H13Br/c1-10-4-3-5-12(8-10)13-6-7-14(15)11(2)9-13/h3-9H,1-2H3. The van der Waals surface area contributed by atoms with E-state index in [1.54, 1.807) is 0 Å². The summed E-state index contributed by atoms with van der Waals surface area (Å²) in [4.78, 5) is 0. The number of hydrogen-bond acceptors (Lipinski definition) is 0. The summed E-state index contributed by atoms with van der Waals surface area (Å²) in [6, 6.07) is 15.0. The van der Waals surface area contributed by atoms with Gasteiger partial charge in [0, 0.05) is 4.47 Å². The molecular formula is C14H13Br. The number of halogens is 1. The van der Waals surface area contributed by atoms with Gasteiger partial charge >= 0.3 is 0 Å². The van der Waals surface area contributed by atoms with Crippen molar-refractivity contribution in [2.24, 2.45) is 0 Å². The molecule has 2 aromatic rings. The van der Waals surface area contributed by atoms with Gasteiger partial charge in [-0.25, -0.2) is 0 Å². The quantitative estimate of drug-likeness (QED) is 0.696. The molecule has 0 nitrogen and oxygen atoms in total. The van der Waals surface area contributed by atoms with Crippen molar-refractivity contribution in [3.8, 4) is 11.1 Å². The van der Waals surface area contributed by atoms with E-state index in [0.29, 0.717) is 0 Å². The van der Waals surface area contributed by atoms with Gasteiger partial charge in [-0.15, -0.1) is 0 Å². The van der Waals surface area contributed by atoms with Crippen molar-refractivity contribution in [1.82, 2.24) is 0 Å². The van der Waals surface area contributed by atoms with E-state index in [1.807, 2.05) is 0 Å². The molecule has 0 N–H and O–H groups in total. The molecule has 1 heteroatoms. The van der Waals surface area contributed by atoms with Crippen molar-refractivity contribution >= 4 is 15.9 Å². The largest absolute Gasteiger partial charge is 0.0614 e. The molecule has 76 valence electrons. The SMILES string of the molecule is Cc1cccc(-c2ccc(Br)c(C)c2)c1. The van der Waals surface area contributed by atoms with E-state index in [-0.39, 0.29) is 0 Å². The van der Waals surface area contributed by atoms with Crippen molar-refractivity contribution < 1.29 is 0 Å². The average molecular weight is 261 g/mol. The zero-order valence-electron chi connectivity index (χ0n) is 8.92. The van der Waals surface area contributed by atoms with E-state index < -0.39 is 0 Å². The third-order valence-electron chi connectivity index (χ3n) is 2.51. The molecule has 0 aliphatic carbocycles. The maximum absolute atomic E-state index is 3.52. The predicted octanol–water partition coefficient (Wildman–Crippen LogP) is 4.73. The van der Waals surface area contributed by atoms with Gasteiger partial charge in [-0.05, 0) is 36.6 Å². The van der Waals surface area contributed by atoms with E-state index in [9.17, 15) is 0 Å². The minimum atomic E-state index is 1.17. The fourth-order valence-electron chi connectivity index (χ4n) is 1.65. The Balaban J connectivity index is 2.50. The van der Waals surface area contributed by atoms with Crippen LogP contribution in [0.4, 0.5) is 0 Å². The van der Waals surface area contributed by atoms with Gasteiger partial charge in [0.2, 0.25) is 0 Å². The lowest BCUT2D eigenvalue weighted by Gasteiger charge is -2.05. The van der Waals surface area contributed by atoms with E-state index in [1.165, 1.54) is 26.7 Å². The molecule has 0 amide bonds. The van der Waals surface area contributed by atoms with Gasteiger partial charge in [-0.3, -0.25) is 0 Å². The summed E-state index contributed by atoms with van der Waals surface area (Å²) < 4.78 is 1.17. The first-order valence-corrected chi connectivity index (χ1v) is 5.79. The van der Waals surface area contributed by atoms with Crippen LogP contribution in [-0.4, -0.2) is 0 Å². The van der Waals surface area contributed by atoms with Crippen molar-refractivity contribution in [2.75, 3.05) is 0 Å². The van der Waals surface area contributed by atoms with Crippen LogP contribution < -0.4 is 0 Å². The van der Waals surface area contributed by atoms with Crippen LogP contribution in [0.3, 0.4) is 0 Å². The first-order chi connectivity index (χ1) is 7.16. The zero-order chi connectivity index (χ0) is 10.8. The first kappa shape index (κ1) is 10.4. The highest BCUT2D eigenvalue weighted by Gasteiger charge is 2.00. The third-order valence-corrected chi connectivity index (χ3v) is 3.40. The van der Waals surface area contributed by atoms with Gasteiger partial charge in [-0.1, -0.05) is 57.9 Å². The van der Waals surface area contributed by atoms with Crippen LogP contribution in [0.25, 0.3) is 11.1 Å². The fourth-order valence-corrected chi connectivity index (χ4v) is 1.90. The Morgan fingerprint density at radius 1 is 0.867 bits per heavy atom. The Labute approximate surface area is 99.1 Å². The van der Waals surface area contributed by atoms with Crippen LogP contribution >= 0.6 is 15.9 Å². The molecule has 0 aliphatic heterocycles. The fraction of sp³-hybridized carbons (Fsp3) is 0.143. The Bertz CT molecular complexity index is 486. The molecule has 0 saturated heterocycles. The monoisotopic (exact) mass is 260 g/mol. The summed E-state index contributed by atoms with van der Waals surface area (Å²) in [6.45, 7) is 4.23. The van der Waals surface area contributed by atoms with Gasteiger partial charge in [-0.2, -0.15) is 0 Å². The van der Waals surface area contributed by atoms with Gasteiger partial charge < -0.3 is 0 Å². The minimum Gasteiger partial charge on any atom is -0.0614 e. The highest BCUT2D eigenvalue weighted by atomic mass is 79.9. The molecule has 0 unspecified atom stereocenters. The van der Waals surface area contributed by atoms with Crippen LogP contribution in [0, 0.1) is 13.8 Å². The van der Waals surface area contributed by atoms with Gasteiger partial charge in [0.05, 0.1) is 0 Å². The van der Waals surface area contributed by atoms with Gasteiger partial charge in [0.25, 0.3) is 0 Å². The van der Waals surface area contributed by atoms with Crippen LogP contribution in [0.2, 0.25) is 0 Å². The molecular weight excluding hydrogens is 248 g/mol. The van der Waals surface area contributed by atoms with E-state index in [4.69, 9.17) is 0 Å². The Hall–Kier alpha value is -1.08. The molecule has 0 saturated carbocycles. The van der Waals surface area contributed by atoms with E-state index in [0.717, 1.165) is 0 Å². The van der Waals surface area contributed by atoms with E-state index in [2.05, 4.69) is 72.2 Å². The minimum absolute atomic E-state index is 1.17. The van der Waals surface area contributed by atoms with Crippen LogP contribution in [0.1, 0.15) is 11.1 Å². The highest BCUT2D eigenvalue weighted by Crippen LogP contribution is 2.25. The Morgan fingerprint density at radius 3 is 2.27 bits per heavy atom. The number of benzene rings is 2. The van der Waals surface area contributed by atoms with Crippen molar-refractivity contribution in [3.63, 3.8) is 0 Å². The number of hydrogen-bond donors (Lipinski definition) is 0. The second kappa shape index (κ2) is 4.19. The first-order valence-electron chi connectivity index (χ1n) is 5.00. The predicted molar refractivity (Wildman–Crippen MR) is 69.1 cm³/mol. The highest BCUT2D eigenvalue weighted by molar-refractivity contribution is 9.10. The summed E-state index contributed by atoms with van der Waals surface area (Å²) in [7, 11) is 0. The lowest BCUT2D eigenvalue weighted by molar-refractivity contribution is 1.41. The smallest absolute Gasteiger partial charge is 0.0204 e. The molecule has 0 spiro atoms. The van der Waals surface area contributed by atoms with Crippen LogP contribution in [0.15, 0.2) is 46.9 Å². The molecule has 0 atom stereocenters. The van der Waals surface area contributed by atoms with Crippen molar-refractivity contribution in [2.45, 2.75) is 13.8 Å². The number of aryl methyl sites for hydroxylation is 2. The maximum atomic E-state index is 3.52. The van der Waals surface area contributed by atoms with Crippen molar-refractivity contribution in [3.05, 3.63) is 58.1 Å². The van der Waals surface area contributed by atoms with Crippen molar-refractivity contribution in [1.29, 1.82) is 0 Å². The summed E-state index contributed by atoms with van der Waals surface area (Å²) in [5.41, 5.74) is 5.13. The maximum Gasteiger partial charge on any atom is 0.0204 e. The van der Waals surface area contributed by atoms with Crippen LogP contribution in [-0.2, 0) is 0 Å². The molecule has 2 aromatic carbocycles. The molecule has 0 radical (unpaired) electrons. The summed E-state index contributed by atoms with van der Waals surface area (Å²) in [6.07, 6.45) is 0. The molecule has 0 heterocycles. The topological polar surface area (TPSA) is 0 Å². The summed E-state index contributed by atoms with van der Waals surface area (Å²) >= 11 is 3.52. The second-order valence-corrected chi connectivity index (χ2v) is 4.69.